The number of hydrogen-bond acceptors (Lipinski definition) is 3. The molecule has 1 N–H and O–H groups in total. The summed E-state index contributed by atoms with van der Waals surface area (Å²) in [6.07, 6.45) is 6.37. The van der Waals surface area contributed by atoms with Gasteiger partial charge < -0.3 is 5.32 Å². The molecule has 1 aromatic carbocycles. The summed E-state index contributed by atoms with van der Waals surface area (Å²) in [6, 6.07) is 6.67. The Bertz CT molecular complexity index is 582. The van der Waals surface area contributed by atoms with Crippen LogP contribution in [0.2, 0.25) is 0 Å². The van der Waals surface area contributed by atoms with E-state index >= 15 is 0 Å². The van der Waals surface area contributed by atoms with E-state index in [0.717, 1.165) is 32.2 Å². The van der Waals surface area contributed by atoms with Crippen molar-refractivity contribution >= 4 is 27.3 Å². The summed E-state index contributed by atoms with van der Waals surface area (Å²) < 4.78 is 1.18. The highest BCUT2D eigenvalue weighted by atomic mass is 79.9. The molecule has 4 heteroatoms. The van der Waals surface area contributed by atoms with Crippen molar-refractivity contribution in [3.05, 3.63) is 50.4 Å². The minimum absolute atomic E-state index is 0.0327. The van der Waals surface area contributed by atoms with Gasteiger partial charge in [-0.15, -0.1) is 11.3 Å². The first kappa shape index (κ1) is 14.2. The van der Waals surface area contributed by atoms with Crippen LogP contribution >= 0.6 is 27.3 Å². The molecule has 0 bridgehead atoms. The Morgan fingerprint density at radius 1 is 1.40 bits per heavy atom. The molecule has 1 heterocycles. The number of nitrogens with zero attached hydrogens (tertiary/aromatic N) is 1. The van der Waals surface area contributed by atoms with E-state index in [1.165, 1.54) is 20.6 Å². The zero-order valence-electron chi connectivity index (χ0n) is 11.7. The van der Waals surface area contributed by atoms with Gasteiger partial charge in [0.2, 0.25) is 0 Å². The molecule has 0 spiro atoms. The Kier molecular flexibility index (Phi) is 4.24. The molecule has 2 aromatic rings. The van der Waals surface area contributed by atoms with Gasteiger partial charge in [0.1, 0.15) is 5.01 Å². The van der Waals surface area contributed by atoms with Crippen molar-refractivity contribution in [2.24, 2.45) is 0 Å². The maximum atomic E-state index is 4.60. The molecule has 1 atom stereocenters. The predicted octanol–water partition coefficient (Wildman–Crippen LogP) is 4.29. The minimum atomic E-state index is 0.0327. The van der Waals surface area contributed by atoms with E-state index in [1.54, 1.807) is 11.3 Å². The number of thiazole rings is 1. The van der Waals surface area contributed by atoms with E-state index in [0.29, 0.717) is 0 Å². The van der Waals surface area contributed by atoms with Crippen molar-refractivity contribution in [1.29, 1.82) is 0 Å². The summed E-state index contributed by atoms with van der Waals surface area (Å²) in [6.45, 7) is 3.27. The molecular weight excluding hydrogens is 332 g/mol. The van der Waals surface area contributed by atoms with E-state index in [-0.39, 0.29) is 5.54 Å². The van der Waals surface area contributed by atoms with E-state index in [4.69, 9.17) is 0 Å². The molecule has 0 saturated heterocycles. The lowest BCUT2D eigenvalue weighted by Gasteiger charge is -2.38. The zero-order valence-corrected chi connectivity index (χ0v) is 14.1. The minimum Gasteiger partial charge on any atom is -0.305 e. The van der Waals surface area contributed by atoms with E-state index in [2.05, 4.69) is 56.7 Å². The molecule has 0 amide bonds. The normalized spacial score (nSPS) is 21.7. The molecule has 1 aliphatic rings. The van der Waals surface area contributed by atoms with Gasteiger partial charge in [0.25, 0.3) is 0 Å². The standard InChI is InChI=1S/C16H19BrN2S/c1-2-7-19-16(15-18-8-9-20-15)6-5-12-10-14(17)4-3-13(12)11-16/h3-4,8-10,19H,2,5-7,11H2,1H3. The van der Waals surface area contributed by atoms with Crippen molar-refractivity contribution in [2.75, 3.05) is 6.54 Å². The van der Waals surface area contributed by atoms with Gasteiger partial charge in [0.15, 0.2) is 0 Å². The van der Waals surface area contributed by atoms with Crippen LogP contribution < -0.4 is 5.32 Å². The van der Waals surface area contributed by atoms with E-state index in [9.17, 15) is 0 Å². The second-order valence-electron chi connectivity index (χ2n) is 5.44. The Hall–Kier alpha value is -0.710. The average Bonchev–Trinajstić information content (AvgIpc) is 3.00. The third-order valence-electron chi connectivity index (χ3n) is 4.04. The number of hydrogen-bond donors (Lipinski definition) is 1. The Morgan fingerprint density at radius 3 is 3.05 bits per heavy atom. The first-order valence-electron chi connectivity index (χ1n) is 7.16. The zero-order chi connectivity index (χ0) is 14.0. The van der Waals surface area contributed by atoms with Crippen LogP contribution in [0.15, 0.2) is 34.2 Å². The van der Waals surface area contributed by atoms with Crippen LogP contribution in [0.4, 0.5) is 0 Å². The van der Waals surface area contributed by atoms with Gasteiger partial charge in [-0.2, -0.15) is 0 Å². The fourth-order valence-electron chi connectivity index (χ4n) is 2.99. The highest BCUT2D eigenvalue weighted by Crippen LogP contribution is 2.38. The summed E-state index contributed by atoms with van der Waals surface area (Å²) in [5.41, 5.74) is 2.97. The molecule has 0 fully saturated rings. The van der Waals surface area contributed by atoms with Crippen molar-refractivity contribution in [3.63, 3.8) is 0 Å². The second kappa shape index (κ2) is 5.96. The average molecular weight is 351 g/mol. The van der Waals surface area contributed by atoms with Crippen LogP contribution in [0.25, 0.3) is 0 Å². The topological polar surface area (TPSA) is 24.9 Å². The van der Waals surface area contributed by atoms with Crippen molar-refractivity contribution in [2.45, 2.75) is 38.1 Å². The molecule has 1 aromatic heterocycles. The van der Waals surface area contributed by atoms with Gasteiger partial charge in [0.05, 0.1) is 5.54 Å². The predicted molar refractivity (Wildman–Crippen MR) is 88.3 cm³/mol. The molecule has 1 aliphatic carbocycles. The van der Waals surface area contributed by atoms with Crippen LogP contribution in [0.5, 0.6) is 0 Å². The molecule has 1 unspecified atom stereocenters. The number of fused-ring (bicyclic) bond motifs is 1. The smallest absolute Gasteiger partial charge is 0.113 e. The van der Waals surface area contributed by atoms with Gasteiger partial charge in [0, 0.05) is 16.0 Å². The summed E-state index contributed by atoms with van der Waals surface area (Å²) >= 11 is 5.35. The number of aromatic nitrogens is 1. The molecule has 0 radical (unpaired) electrons. The number of nitrogens with one attached hydrogen (secondary N) is 1. The fraction of sp³-hybridized carbons (Fsp3) is 0.438. The SMILES string of the molecule is CCCNC1(c2nccs2)CCc2cc(Br)ccc2C1. The number of rotatable bonds is 4. The largest absolute Gasteiger partial charge is 0.305 e. The van der Waals surface area contributed by atoms with Gasteiger partial charge in [-0.05, 0) is 55.5 Å². The molecule has 0 saturated carbocycles. The lowest BCUT2D eigenvalue weighted by molar-refractivity contribution is 0.291. The highest BCUT2D eigenvalue weighted by molar-refractivity contribution is 9.10. The van der Waals surface area contributed by atoms with E-state index < -0.39 is 0 Å². The van der Waals surface area contributed by atoms with Gasteiger partial charge in [-0.25, -0.2) is 4.98 Å². The summed E-state index contributed by atoms with van der Waals surface area (Å²) in [4.78, 5) is 4.60. The van der Waals surface area contributed by atoms with Crippen molar-refractivity contribution in [1.82, 2.24) is 10.3 Å². The fourth-order valence-corrected chi connectivity index (χ4v) is 4.25. The Labute approximate surface area is 132 Å². The quantitative estimate of drug-likeness (QED) is 0.889. The molecule has 20 heavy (non-hydrogen) atoms. The summed E-state index contributed by atoms with van der Waals surface area (Å²) in [5.74, 6) is 0. The van der Waals surface area contributed by atoms with Crippen molar-refractivity contribution in [3.8, 4) is 0 Å². The summed E-state index contributed by atoms with van der Waals surface area (Å²) in [5, 5.41) is 7.10. The van der Waals surface area contributed by atoms with Crippen molar-refractivity contribution < 1.29 is 0 Å². The Morgan fingerprint density at radius 2 is 2.30 bits per heavy atom. The van der Waals surface area contributed by atoms with Crippen LogP contribution in [0.1, 0.15) is 35.9 Å². The number of halogens is 1. The lowest BCUT2D eigenvalue weighted by atomic mass is 9.78. The maximum absolute atomic E-state index is 4.60. The lowest BCUT2D eigenvalue weighted by Crippen LogP contribution is -2.47. The number of aryl methyl sites for hydroxylation is 1. The third kappa shape index (κ3) is 2.69. The Balaban J connectivity index is 1.95. The molecule has 3 rings (SSSR count). The van der Waals surface area contributed by atoms with Gasteiger partial charge in [-0.3, -0.25) is 0 Å². The monoisotopic (exact) mass is 350 g/mol. The van der Waals surface area contributed by atoms with Crippen LogP contribution in [-0.2, 0) is 18.4 Å². The molecule has 0 aliphatic heterocycles. The van der Waals surface area contributed by atoms with Gasteiger partial charge in [-0.1, -0.05) is 28.9 Å². The highest BCUT2D eigenvalue weighted by Gasteiger charge is 2.37. The third-order valence-corrected chi connectivity index (χ3v) is 5.51. The van der Waals surface area contributed by atoms with E-state index in [1.807, 2.05) is 6.20 Å². The first-order valence-corrected chi connectivity index (χ1v) is 8.83. The molecule has 2 nitrogen and oxygen atoms in total. The summed E-state index contributed by atoms with van der Waals surface area (Å²) in [7, 11) is 0. The van der Waals surface area contributed by atoms with Crippen LogP contribution in [0, 0.1) is 0 Å². The number of benzene rings is 1. The molecule has 106 valence electrons. The maximum Gasteiger partial charge on any atom is 0.113 e. The second-order valence-corrected chi connectivity index (χ2v) is 7.25. The van der Waals surface area contributed by atoms with Crippen LogP contribution in [0.3, 0.4) is 0 Å². The molecular formula is C16H19BrN2S. The van der Waals surface area contributed by atoms with Gasteiger partial charge >= 0.3 is 0 Å². The van der Waals surface area contributed by atoms with Crippen LogP contribution in [-0.4, -0.2) is 11.5 Å². The first-order chi connectivity index (χ1) is 9.73.